The van der Waals surface area contributed by atoms with Crippen molar-refractivity contribution in [2.24, 2.45) is 0 Å². The van der Waals surface area contributed by atoms with E-state index in [0.717, 1.165) is 17.4 Å². The van der Waals surface area contributed by atoms with E-state index in [0.29, 0.717) is 18.7 Å². The number of rotatable bonds is 6. The number of hydrogen-bond donors (Lipinski definition) is 1. The van der Waals surface area contributed by atoms with Crippen LogP contribution in [0, 0.1) is 0 Å². The summed E-state index contributed by atoms with van der Waals surface area (Å²) in [5.74, 6) is 0.634. The van der Waals surface area contributed by atoms with Gasteiger partial charge in [0.25, 0.3) is 5.91 Å². The molecule has 1 unspecified atom stereocenters. The summed E-state index contributed by atoms with van der Waals surface area (Å²) in [6, 6.07) is 7.23. The maximum absolute atomic E-state index is 11.8. The van der Waals surface area contributed by atoms with E-state index in [1.807, 2.05) is 19.1 Å². The van der Waals surface area contributed by atoms with Gasteiger partial charge in [0.05, 0.1) is 0 Å². The lowest BCUT2D eigenvalue weighted by Gasteiger charge is -2.21. The molecule has 1 atom stereocenters. The van der Waals surface area contributed by atoms with E-state index in [9.17, 15) is 9.59 Å². The highest BCUT2D eigenvalue weighted by Gasteiger charge is 2.22. The maximum Gasteiger partial charge on any atom is 0.258 e. The molecular formula is C15H19BrN2O3. The second-order valence-electron chi connectivity index (χ2n) is 5.15. The van der Waals surface area contributed by atoms with E-state index >= 15 is 0 Å². The van der Waals surface area contributed by atoms with Crippen LogP contribution in [0.1, 0.15) is 19.8 Å². The highest BCUT2D eigenvalue weighted by Crippen LogP contribution is 2.15. The number of hydrogen-bond acceptors (Lipinski definition) is 3. The fraction of sp³-hybridized carbons (Fsp3) is 0.467. The highest BCUT2D eigenvalue weighted by molar-refractivity contribution is 9.10. The molecule has 1 heterocycles. The van der Waals surface area contributed by atoms with Gasteiger partial charge >= 0.3 is 0 Å². The summed E-state index contributed by atoms with van der Waals surface area (Å²) in [4.78, 5) is 25.1. The molecule has 21 heavy (non-hydrogen) atoms. The molecule has 114 valence electrons. The number of carbonyl (C=O) groups is 2. The van der Waals surface area contributed by atoms with Gasteiger partial charge in [-0.3, -0.25) is 9.59 Å². The van der Waals surface area contributed by atoms with Crippen LogP contribution in [0.2, 0.25) is 0 Å². The lowest BCUT2D eigenvalue weighted by molar-refractivity contribution is -0.129. The number of halogens is 1. The van der Waals surface area contributed by atoms with Crippen LogP contribution < -0.4 is 10.1 Å². The third-order valence-electron chi connectivity index (χ3n) is 3.26. The molecule has 0 spiro atoms. The van der Waals surface area contributed by atoms with Crippen LogP contribution in [-0.4, -0.2) is 42.5 Å². The molecule has 2 rings (SSSR count). The standard InChI is InChI=1S/C15H19BrN2O3/c1-11(9-18-8-2-3-15(18)20)17-14(19)10-21-13-6-4-12(16)5-7-13/h4-7,11H,2-3,8-10H2,1H3,(H,17,19). The Hall–Kier alpha value is -1.56. The number of nitrogens with zero attached hydrogens (tertiary/aromatic N) is 1. The van der Waals surface area contributed by atoms with Gasteiger partial charge in [-0.15, -0.1) is 0 Å². The van der Waals surface area contributed by atoms with Crippen LogP contribution >= 0.6 is 15.9 Å². The quantitative estimate of drug-likeness (QED) is 0.849. The lowest BCUT2D eigenvalue weighted by atomic mass is 10.3. The molecule has 0 radical (unpaired) electrons. The first kappa shape index (κ1) is 15.8. The van der Waals surface area contributed by atoms with Gasteiger partial charge in [0.2, 0.25) is 5.91 Å². The lowest BCUT2D eigenvalue weighted by Crippen LogP contribution is -2.44. The van der Waals surface area contributed by atoms with E-state index in [1.165, 1.54) is 0 Å². The minimum atomic E-state index is -0.183. The molecule has 0 aromatic heterocycles. The van der Waals surface area contributed by atoms with Gasteiger partial charge in [0.15, 0.2) is 6.61 Å². The predicted molar refractivity (Wildman–Crippen MR) is 83.1 cm³/mol. The number of likely N-dealkylation sites (tertiary alicyclic amines) is 1. The first-order chi connectivity index (χ1) is 10.0. The Labute approximate surface area is 132 Å². The maximum atomic E-state index is 11.8. The third kappa shape index (κ3) is 5.04. The van der Waals surface area contributed by atoms with Crippen LogP contribution in [0.25, 0.3) is 0 Å². The molecule has 1 fully saturated rings. The van der Waals surface area contributed by atoms with Crippen LogP contribution in [0.15, 0.2) is 28.7 Å². The minimum absolute atomic E-state index is 0.0279. The molecule has 0 saturated carbocycles. The molecule has 1 aliphatic rings. The summed E-state index contributed by atoms with van der Waals surface area (Å²) in [6.07, 6.45) is 1.53. The summed E-state index contributed by atoms with van der Waals surface area (Å²) < 4.78 is 6.36. The molecule has 0 aliphatic carbocycles. The zero-order chi connectivity index (χ0) is 15.2. The molecular weight excluding hydrogens is 336 g/mol. The normalized spacial score (nSPS) is 15.9. The predicted octanol–water partition coefficient (Wildman–Crippen LogP) is 1.95. The summed E-state index contributed by atoms with van der Waals surface area (Å²) in [7, 11) is 0. The van der Waals surface area contributed by atoms with Crippen LogP contribution in [0.5, 0.6) is 5.75 Å². The number of amides is 2. The van der Waals surface area contributed by atoms with E-state index < -0.39 is 0 Å². The SMILES string of the molecule is CC(CN1CCCC1=O)NC(=O)COc1ccc(Br)cc1. The van der Waals surface area contributed by atoms with Crippen molar-refractivity contribution in [2.75, 3.05) is 19.7 Å². The van der Waals surface area contributed by atoms with Crippen molar-refractivity contribution < 1.29 is 14.3 Å². The van der Waals surface area contributed by atoms with Crippen LogP contribution in [-0.2, 0) is 9.59 Å². The monoisotopic (exact) mass is 354 g/mol. The largest absolute Gasteiger partial charge is 0.484 e. The van der Waals surface area contributed by atoms with E-state index in [4.69, 9.17) is 4.74 Å². The van der Waals surface area contributed by atoms with Crippen molar-refractivity contribution in [3.63, 3.8) is 0 Å². The van der Waals surface area contributed by atoms with Crippen molar-refractivity contribution in [1.29, 1.82) is 0 Å². The van der Waals surface area contributed by atoms with Crippen molar-refractivity contribution in [1.82, 2.24) is 10.2 Å². The van der Waals surface area contributed by atoms with Crippen molar-refractivity contribution in [3.05, 3.63) is 28.7 Å². The Kier molecular flexibility index (Phi) is 5.61. The van der Waals surface area contributed by atoms with Crippen molar-refractivity contribution in [2.45, 2.75) is 25.8 Å². The first-order valence-electron chi connectivity index (χ1n) is 7.00. The summed E-state index contributed by atoms with van der Waals surface area (Å²) in [6.45, 7) is 3.21. The summed E-state index contributed by atoms with van der Waals surface area (Å²) >= 11 is 3.34. The second-order valence-corrected chi connectivity index (χ2v) is 6.07. The van der Waals surface area contributed by atoms with Crippen LogP contribution in [0.4, 0.5) is 0 Å². The van der Waals surface area contributed by atoms with Gasteiger partial charge in [0.1, 0.15) is 5.75 Å². The van der Waals surface area contributed by atoms with Gasteiger partial charge in [-0.25, -0.2) is 0 Å². The molecule has 2 amide bonds. The van der Waals surface area contributed by atoms with Gasteiger partial charge < -0.3 is 15.0 Å². The van der Waals surface area contributed by atoms with E-state index in [1.54, 1.807) is 17.0 Å². The molecule has 1 aromatic carbocycles. The van der Waals surface area contributed by atoms with Gasteiger partial charge in [-0.05, 0) is 37.6 Å². The summed E-state index contributed by atoms with van der Waals surface area (Å²) in [5.41, 5.74) is 0. The number of nitrogens with one attached hydrogen (secondary N) is 1. The Morgan fingerprint density at radius 3 is 2.76 bits per heavy atom. The number of ether oxygens (including phenoxy) is 1. The molecule has 1 saturated heterocycles. The van der Waals surface area contributed by atoms with Gasteiger partial charge in [0, 0.05) is 30.0 Å². The molecule has 1 aliphatic heterocycles. The number of benzene rings is 1. The Bertz CT molecular complexity index is 504. The van der Waals surface area contributed by atoms with Crippen molar-refractivity contribution in [3.8, 4) is 5.75 Å². The van der Waals surface area contributed by atoms with Gasteiger partial charge in [-0.2, -0.15) is 0 Å². The topological polar surface area (TPSA) is 58.6 Å². The Morgan fingerprint density at radius 2 is 2.14 bits per heavy atom. The third-order valence-corrected chi connectivity index (χ3v) is 3.79. The average molecular weight is 355 g/mol. The molecule has 6 heteroatoms. The Balaban J connectivity index is 1.71. The number of carbonyl (C=O) groups excluding carboxylic acids is 2. The van der Waals surface area contributed by atoms with E-state index in [2.05, 4.69) is 21.2 Å². The van der Waals surface area contributed by atoms with Gasteiger partial charge in [-0.1, -0.05) is 15.9 Å². The minimum Gasteiger partial charge on any atom is -0.484 e. The highest BCUT2D eigenvalue weighted by atomic mass is 79.9. The fourth-order valence-electron chi connectivity index (χ4n) is 2.27. The zero-order valence-corrected chi connectivity index (χ0v) is 13.6. The van der Waals surface area contributed by atoms with Crippen LogP contribution in [0.3, 0.4) is 0 Å². The molecule has 1 aromatic rings. The van der Waals surface area contributed by atoms with E-state index in [-0.39, 0.29) is 24.5 Å². The zero-order valence-electron chi connectivity index (χ0n) is 12.0. The molecule has 5 nitrogen and oxygen atoms in total. The average Bonchev–Trinajstić information content (AvgIpc) is 2.83. The smallest absolute Gasteiger partial charge is 0.258 e. The summed E-state index contributed by atoms with van der Waals surface area (Å²) in [5, 5.41) is 2.84. The molecule has 1 N–H and O–H groups in total. The first-order valence-corrected chi connectivity index (χ1v) is 7.79. The van der Waals surface area contributed by atoms with Crippen molar-refractivity contribution >= 4 is 27.7 Å². The molecule has 0 bridgehead atoms. The Morgan fingerprint density at radius 1 is 1.43 bits per heavy atom. The second kappa shape index (κ2) is 7.45. The fourth-order valence-corrected chi connectivity index (χ4v) is 2.53.